The van der Waals surface area contributed by atoms with Gasteiger partial charge < -0.3 is 20.3 Å². The Balaban J connectivity index is 3.34. The SMILES string of the molecule is CCCCCCC/C=C\CCCCCCCC(=O)OCCCCCCCCCCCCCCCCCCCCCCCCCCCCCC(=O)NC(CO)C(O)/C=C/CCCCCCCCCCC. The highest BCUT2D eigenvalue weighted by Crippen LogP contribution is 2.18. The Hall–Kier alpha value is -1.66. The number of nitrogens with one attached hydrogen (secondary N) is 1. The standard InChI is InChI=1S/C63H121NO5/c1-3-5-7-9-11-13-15-16-33-37-41-45-49-53-57-63(68)69-58-54-50-46-42-38-34-31-29-27-25-23-21-19-17-18-20-22-24-26-28-30-32-36-40-44-48-52-56-62(67)64-60(59-65)61(66)55-51-47-43-39-35-14-12-10-8-6-4-2/h15-16,51,55,60-61,65-66H,3-14,17-50,52-54,56-59H2,1-2H3,(H,64,67)/b16-15-,55-51+. The van der Waals surface area contributed by atoms with Gasteiger partial charge in [0.05, 0.1) is 25.4 Å². The molecular weight excluding hydrogens is 851 g/mol. The van der Waals surface area contributed by atoms with Crippen LogP contribution in [0.4, 0.5) is 0 Å². The van der Waals surface area contributed by atoms with E-state index in [9.17, 15) is 19.8 Å². The zero-order valence-corrected chi connectivity index (χ0v) is 46.6. The fraction of sp³-hybridized carbons (Fsp3) is 0.905. The molecule has 0 rings (SSSR count). The van der Waals surface area contributed by atoms with Gasteiger partial charge in [0, 0.05) is 12.8 Å². The quantitative estimate of drug-likeness (QED) is 0.0321. The fourth-order valence-corrected chi connectivity index (χ4v) is 9.69. The predicted octanol–water partition coefficient (Wildman–Crippen LogP) is 19.4. The van der Waals surface area contributed by atoms with E-state index in [2.05, 4.69) is 31.3 Å². The number of aliphatic hydroxyl groups is 2. The fourth-order valence-electron chi connectivity index (χ4n) is 9.69. The Labute approximate surface area is 431 Å². The average molecular weight is 973 g/mol. The van der Waals surface area contributed by atoms with E-state index in [4.69, 9.17) is 4.74 Å². The van der Waals surface area contributed by atoms with E-state index in [-0.39, 0.29) is 18.5 Å². The summed E-state index contributed by atoms with van der Waals surface area (Å²) in [6.45, 7) is 4.90. The Morgan fingerprint density at radius 2 is 0.681 bits per heavy atom. The van der Waals surface area contributed by atoms with Gasteiger partial charge in [-0.15, -0.1) is 0 Å². The maximum absolute atomic E-state index is 12.4. The van der Waals surface area contributed by atoms with Crippen LogP contribution in [0.15, 0.2) is 24.3 Å². The summed E-state index contributed by atoms with van der Waals surface area (Å²) in [7, 11) is 0. The number of carbonyl (C=O) groups excluding carboxylic acids is 2. The molecule has 0 saturated carbocycles. The van der Waals surface area contributed by atoms with Gasteiger partial charge in [0.15, 0.2) is 0 Å². The Morgan fingerprint density at radius 3 is 1.03 bits per heavy atom. The third-order valence-corrected chi connectivity index (χ3v) is 14.5. The lowest BCUT2D eigenvalue weighted by atomic mass is 10.0. The van der Waals surface area contributed by atoms with Crippen LogP contribution in [0.3, 0.4) is 0 Å². The van der Waals surface area contributed by atoms with Gasteiger partial charge in [-0.05, 0) is 57.8 Å². The summed E-state index contributed by atoms with van der Waals surface area (Å²) in [6.07, 6.45) is 72.3. The molecule has 69 heavy (non-hydrogen) atoms. The molecule has 2 atom stereocenters. The highest BCUT2D eigenvalue weighted by Gasteiger charge is 2.18. The maximum atomic E-state index is 12.4. The molecule has 0 fully saturated rings. The van der Waals surface area contributed by atoms with Crippen molar-refractivity contribution in [3.63, 3.8) is 0 Å². The van der Waals surface area contributed by atoms with Crippen molar-refractivity contribution in [1.29, 1.82) is 0 Å². The van der Waals surface area contributed by atoms with E-state index < -0.39 is 12.1 Å². The van der Waals surface area contributed by atoms with Crippen molar-refractivity contribution in [2.24, 2.45) is 0 Å². The van der Waals surface area contributed by atoms with Crippen molar-refractivity contribution in [3.8, 4) is 0 Å². The molecule has 0 aliphatic rings. The maximum Gasteiger partial charge on any atom is 0.305 e. The number of esters is 1. The van der Waals surface area contributed by atoms with Crippen molar-refractivity contribution < 1.29 is 24.5 Å². The highest BCUT2D eigenvalue weighted by atomic mass is 16.5. The topological polar surface area (TPSA) is 95.9 Å². The first kappa shape index (κ1) is 67.3. The molecule has 1 amide bonds. The molecule has 0 heterocycles. The van der Waals surface area contributed by atoms with E-state index in [1.54, 1.807) is 6.08 Å². The van der Waals surface area contributed by atoms with Crippen molar-refractivity contribution in [3.05, 3.63) is 24.3 Å². The van der Waals surface area contributed by atoms with Crippen LogP contribution < -0.4 is 5.32 Å². The van der Waals surface area contributed by atoms with Gasteiger partial charge in [0.2, 0.25) is 5.91 Å². The largest absolute Gasteiger partial charge is 0.466 e. The van der Waals surface area contributed by atoms with Crippen LogP contribution in [-0.4, -0.2) is 47.4 Å². The third-order valence-electron chi connectivity index (χ3n) is 14.5. The number of unbranched alkanes of at least 4 members (excludes halogenated alkanes) is 45. The van der Waals surface area contributed by atoms with Crippen LogP contribution in [0.1, 0.15) is 341 Å². The monoisotopic (exact) mass is 972 g/mol. The van der Waals surface area contributed by atoms with Gasteiger partial charge in [-0.2, -0.15) is 0 Å². The molecule has 0 aliphatic heterocycles. The van der Waals surface area contributed by atoms with Gasteiger partial charge in [-0.1, -0.05) is 295 Å². The number of aliphatic hydroxyl groups excluding tert-OH is 2. The molecule has 0 aliphatic carbocycles. The van der Waals surface area contributed by atoms with Crippen molar-refractivity contribution in [1.82, 2.24) is 5.32 Å². The average Bonchev–Trinajstić information content (AvgIpc) is 3.35. The van der Waals surface area contributed by atoms with Crippen molar-refractivity contribution >= 4 is 11.9 Å². The van der Waals surface area contributed by atoms with Crippen LogP contribution in [0, 0.1) is 0 Å². The smallest absolute Gasteiger partial charge is 0.305 e. The molecule has 6 nitrogen and oxygen atoms in total. The van der Waals surface area contributed by atoms with E-state index in [1.807, 2.05) is 6.08 Å². The summed E-state index contributed by atoms with van der Waals surface area (Å²) < 4.78 is 5.48. The Kier molecular flexibility index (Phi) is 57.5. The second-order valence-electron chi connectivity index (χ2n) is 21.4. The number of ether oxygens (including phenoxy) is 1. The number of allylic oxidation sites excluding steroid dienone is 3. The lowest BCUT2D eigenvalue weighted by Gasteiger charge is -2.20. The van der Waals surface area contributed by atoms with Gasteiger partial charge >= 0.3 is 5.97 Å². The molecule has 0 spiro atoms. The summed E-state index contributed by atoms with van der Waals surface area (Å²) in [5.41, 5.74) is 0. The van der Waals surface area contributed by atoms with E-state index in [0.717, 1.165) is 44.9 Å². The Morgan fingerprint density at radius 1 is 0.391 bits per heavy atom. The molecule has 0 aromatic heterocycles. The summed E-state index contributed by atoms with van der Waals surface area (Å²) in [5.74, 6) is -0.0563. The minimum Gasteiger partial charge on any atom is -0.466 e. The first-order valence-corrected chi connectivity index (χ1v) is 31.1. The van der Waals surface area contributed by atoms with Gasteiger partial charge in [-0.25, -0.2) is 0 Å². The van der Waals surface area contributed by atoms with Crippen LogP contribution >= 0.6 is 0 Å². The molecule has 3 N–H and O–H groups in total. The van der Waals surface area contributed by atoms with Crippen LogP contribution in [0.2, 0.25) is 0 Å². The molecule has 0 aromatic rings. The number of hydrogen-bond donors (Lipinski definition) is 3. The van der Waals surface area contributed by atoms with Gasteiger partial charge in [-0.3, -0.25) is 9.59 Å². The zero-order valence-electron chi connectivity index (χ0n) is 46.6. The molecule has 0 radical (unpaired) electrons. The highest BCUT2D eigenvalue weighted by molar-refractivity contribution is 5.76. The first-order chi connectivity index (χ1) is 34.0. The molecule has 0 aromatic carbocycles. The predicted molar refractivity (Wildman–Crippen MR) is 301 cm³/mol. The van der Waals surface area contributed by atoms with E-state index >= 15 is 0 Å². The minimum absolute atomic E-state index is 0.00923. The molecule has 6 heteroatoms. The minimum atomic E-state index is -0.840. The molecular formula is C63H121NO5. The second kappa shape index (κ2) is 58.9. The molecule has 2 unspecified atom stereocenters. The lowest BCUT2D eigenvalue weighted by Crippen LogP contribution is -2.45. The third kappa shape index (κ3) is 55.5. The van der Waals surface area contributed by atoms with Crippen molar-refractivity contribution in [2.45, 2.75) is 353 Å². The number of carbonyl (C=O) groups is 2. The van der Waals surface area contributed by atoms with E-state index in [1.165, 1.54) is 270 Å². The van der Waals surface area contributed by atoms with Crippen molar-refractivity contribution in [2.75, 3.05) is 13.2 Å². The molecule has 0 saturated heterocycles. The summed E-state index contributed by atoms with van der Waals surface area (Å²) in [4.78, 5) is 24.5. The summed E-state index contributed by atoms with van der Waals surface area (Å²) in [5, 5.41) is 23.0. The number of hydrogen-bond acceptors (Lipinski definition) is 5. The van der Waals surface area contributed by atoms with Gasteiger partial charge in [0.1, 0.15) is 0 Å². The Bertz CT molecular complexity index is 1080. The van der Waals surface area contributed by atoms with Crippen LogP contribution in [0.5, 0.6) is 0 Å². The van der Waals surface area contributed by atoms with Crippen LogP contribution in [-0.2, 0) is 14.3 Å². The van der Waals surface area contributed by atoms with E-state index in [0.29, 0.717) is 19.4 Å². The zero-order chi connectivity index (χ0) is 50.0. The normalized spacial score (nSPS) is 12.7. The second-order valence-corrected chi connectivity index (χ2v) is 21.4. The molecule has 408 valence electrons. The number of amides is 1. The lowest BCUT2D eigenvalue weighted by molar-refractivity contribution is -0.143. The van der Waals surface area contributed by atoms with Gasteiger partial charge in [0.25, 0.3) is 0 Å². The first-order valence-electron chi connectivity index (χ1n) is 31.1. The molecule has 0 bridgehead atoms. The van der Waals surface area contributed by atoms with Crippen LogP contribution in [0.25, 0.3) is 0 Å². The number of rotatable bonds is 58. The summed E-state index contributed by atoms with van der Waals surface area (Å²) in [6, 6.07) is -0.624. The summed E-state index contributed by atoms with van der Waals surface area (Å²) >= 11 is 0.